The number of aromatic nitrogens is 3. The van der Waals surface area contributed by atoms with Crippen LogP contribution in [0.2, 0.25) is 5.02 Å². The summed E-state index contributed by atoms with van der Waals surface area (Å²) in [7, 11) is 0. The highest BCUT2D eigenvalue weighted by Gasteiger charge is 2.31. The van der Waals surface area contributed by atoms with E-state index < -0.39 is 0 Å². The maximum atomic E-state index is 14.3. The lowest BCUT2D eigenvalue weighted by Gasteiger charge is -2.36. The molecule has 32 heavy (non-hydrogen) atoms. The second kappa shape index (κ2) is 9.11. The van der Waals surface area contributed by atoms with Crippen molar-refractivity contribution in [2.24, 2.45) is 0 Å². The predicted molar refractivity (Wildman–Crippen MR) is 125 cm³/mol. The van der Waals surface area contributed by atoms with Gasteiger partial charge in [0.25, 0.3) is 0 Å². The number of carbonyl (C=O) groups is 1. The number of hydrogen-bond acceptors (Lipinski definition) is 5. The highest BCUT2D eigenvalue weighted by atomic mass is 35.5. The number of thioether (sulfide) groups is 1. The van der Waals surface area contributed by atoms with Gasteiger partial charge in [0.2, 0.25) is 5.91 Å². The molecule has 1 aromatic heterocycles. The molecular formula is C23H23ClFN5OS. The molecular weight excluding hydrogens is 449 g/mol. The number of halogens is 2. The zero-order chi connectivity index (χ0) is 22.1. The highest BCUT2D eigenvalue weighted by molar-refractivity contribution is 7.99. The zero-order valence-corrected chi connectivity index (χ0v) is 19.0. The van der Waals surface area contributed by atoms with Gasteiger partial charge in [-0.3, -0.25) is 9.36 Å². The molecule has 0 spiro atoms. The first kappa shape index (κ1) is 21.3. The molecule has 0 radical (unpaired) electrons. The molecule has 0 unspecified atom stereocenters. The smallest absolute Gasteiger partial charge is 0.233 e. The third-order valence-corrected chi connectivity index (χ3v) is 6.98. The summed E-state index contributed by atoms with van der Waals surface area (Å²) < 4.78 is 16.3. The van der Waals surface area contributed by atoms with Crippen molar-refractivity contribution in [2.75, 3.05) is 36.8 Å². The van der Waals surface area contributed by atoms with Gasteiger partial charge in [-0.1, -0.05) is 41.6 Å². The van der Waals surface area contributed by atoms with Gasteiger partial charge < -0.3 is 9.80 Å². The van der Waals surface area contributed by atoms with Crippen LogP contribution < -0.4 is 4.90 Å². The van der Waals surface area contributed by atoms with E-state index in [-0.39, 0.29) is 17.8 Å². The minimum atomic E-state index is -0.313. The molecule has 2 aromatic carbocycles. The Morgan fingerprint density at radius 1 is 1.06 bits per heavy atom. The van der Waals surface area contributed by atoms with Gasteiger partial charge in [-0.15, -0.1) is 10.2 Å². The lowest BCUT2D eigenvalue weighted by atomic mass is 10.2. The quantitative estimate of drug-likeness (QED) is 0.495. The average molecular weight is 472 g/mol. The molecule has 0 N–H and O–H groups in total. The number of benzene rings is 2. The largest absolute Gasteiger partial charge is 0.368 e. The van der Waals surface area contributed by atoms with Gasteiger partial charge in [-0.05, 0) is 43.2 Å². The van der Waals surface area contributed by atoms with Gasteiger partial charge >= 0.3 is 0 Å². The fourth-order valence-electron chi connectivity index (χ4n) is 3.97. The second-order valence-corrected chi connectivity index (χ2v) is 9.40. The maximum Gasteiger partial charge on any atom is 0.233 e. The summed E-state index contributed by atoms with van der Waals surface area (Å²) in [5, 5.41) is 9.94. The van der Waals surface area contributed by atoms with Crippen molar-refractivity contribution in [3.63, 3.8) is 0 Å². The summed E-state index contributed by atoms with van der Waals surface area (Å²) in [4.78, 5) is 17.0. The molecule has 1 amide bonds. The van der Waals surface area contributed by atoms with E-state index in [2.05, 4.69) is 15.1 Å². The molecule has 0 atom stereocenters. The van der Waals surface area contributed by atoms with Gasteiger partial charge in [-0.25, -0.2) is 4.39 Å². The van der Waals surface area contributed by atoms with E-state index in [0.717, 1.165) is 31.6 Å². The van der Waals surface area contributed by atoms with Crippen LogP contribution in [0.4, 0.5) is 10.1 Å². The Bertz CT molecular complexity index is 1130. The van der Waals surface area contributed by atoms with Crippen molar-refractivity contribution < 1.29 is 9.18 Å². The van der Waals surface area contributed by atoms with Crippen molar-refractivity contribution in [2.45, 2.75) is 24.0 Å². The maximum absolute atomic E-state index is 14.3. The van der Waals surface area contributed by atoms with E-state index in [1.54, 1.807) is 18.2 Å². The predicted octanol–water partition coefficient (Wildman–Crippen LogP) is 4.51. The fourth-order valence-corrected chi connectivity index (χ4v) is 5.06. The fraction of sp³-hybridized carbons (Fsp3) is 0.348. The van der Waals surface area contributed by atoms with E-state index in [9.17, 15) is 9.18 Å². The molecule has 1 aliphatic carbocycles. The first-order chi connectivity index (χ1) is 15.6. The van der Waals surface area contributed by atoms with Crippen LogP contribution in [-0.2, 0) is 4.79 Å². The Hall–Kier alpha value is -2.58. The summed E-state index contributed by atoms with van der Waals surface area (Å²) in [6.45, 7) is 2.88. The second-order valence-electron chi connectivity index (χ2n) is 8.02. The molecule has 3 aromatic rings. The average Bonchev–Trinajstić information content (AvgIpc) is 3.57. The van der Waals surface area contributed by atoms with Gasteiger partial charge in [0.15, 0.2) is 11.0 Å². The summed E-state index contributed by atoms with van der Waals surface area (Å²) in [5.41, 5.74) is 1.53. The van der Waals surface area contributed by atoms with Gasteiger partial charge in [0.1, 0.15) is 5.82 Å². The molecule has 2 fully saturated rings. The molecule has 2 aliphatic rings. The van der Waals surface area contributed by atoms with Gasteiger partial charge in [0, 0.05) is 42.9 Å². The number of rotatable bonds is 6. The van der Waals surface area contributed by atoms with Crippen LogP contribution in [0.25, 0.3) is 11.4 Å². The van der Waals surface area contributed by atoms with Gasteiger partial charge in [0.05, 0.1) is 11.3 Å². The molecule has 0 bridgehead atoms. The van der Waals surface area contributed by atoms with Crippen molar-refractivity contribution in [3.05, 3.63) is 59.4 Å². The SMILES string of the molecule is O=C(CSc1nnc(-c2ccccc2F)n1C1CC1)N1CCN(c2cccc(Cl)c2)CC1. The number of carbonyl (C=O) groups excluding carboxylic acids is 1. The normalized spacial score (nSPS) is 16.4. The molecule has 1 saturated carbocycles. The van der Waals surface area contributed by atoms with Crippen LogP contribution in [0.5, 0.6) is 0 Å². The number of anilines is 1. The number of nitrogens with zero attached hydrogens (tertiary/aromatic N) is 5. The minimum Gasteiger partial charge on any atom is -0.368 e. The molecule has 5 rings (SSSR count). The van der Waals surface area contributed by atoms with Crippen LogP contribution in [0.3, 0.4) is 0 Å². The molecule has 6 nitrogen and oxygen atoms in total. The lowest BCUT2D eigenvalue weighted by molar-refractivity contribution is -0.128. The van der Waals surface area contributed by atoms with E-state index >= 15 is 0 Å². The van der Waals surface area contributed by atoms with Crippen molar-refractivity contribution >= 4 is 35.0 Å². The van der Waals surface area contributed by atoms with Crippen LogP contribution in [0, 0.1) is 5.82 Å². The monoisotopic (exact) mass is 471 g/mol. The van der Waals surface area contributed by atoms with Crippen molar-refractivity contribution in [3.8, 4) is 11.4 Å². The van der Waals surface area contributed by atoms with Crippen LogP contribution in [0.15, 0.2) is 53.7 Å². The van der Waals surface area contributed by atoms with Crippen molar-refractivity contribution in [1.29, 1.82) is 0 Å². The van der Waals surface area contributed by atoms with E-state index in [4.69, 9.17) is 11.6 Å². The van der Waals surface area contributed by atoms with E-state index in [1.165, 1.54) is 17.8 Å². The Morgan fingerprint density at radius 3 is 2.56 bits per heavy atom. The third-order valence-electron chi connectivity index (χ3n) is 5.82. The molecule has 2 heterocycles. The summed E-state index contributed by atoms with van der Waals surface area (Å²) in [5.74, 6) is 0.598. The van der Waals surface area contributed by atoms with Crippen LogP contribution in [0.1, 0.15) is 18.9 Å². The topological polar surface area (TPSA) is 54.3 Å². The zero-order valence-electron chi connectivity index (χ0n) is 17.5. The van der Waals surface area contributed by atoms with E-state index in [1.807, 2.05) is 33.7 Å². The standard InChI is InChI=1S/C23H23ClFN5OS/c24-16-4-3-5-18(14-16)28-10-12-29(13-11-28)21(31)15-32-23-27-26-22(30(23)17-8-9-17)19-6-1-2-7-20(19)25/h1-7,14,17H,8-13,15H2. The molecule has 1 aliphatic heterocycles. The number of piperazine rings is 1. The highest BCUT2D eigenvalue weighted by Crippen LogP contribution is 2.41. The van der Waals surface area contributed by atoms with Crippen molar-refractivity contribution in [1.82, 2.24) is 19.7 Å². The number of hydrogen-bond donors (Lipinski definition) is 0. The lowest BCUT2D eigenvalue weighted by Crippen LogP contribution is -2.49. The minimum absolute atomic E-state index is 0.0820. The van der Waals surface area contributed by atoms with Crippen LogP contribution in [-0.4, -0.2) is 57.5 Å². The Morgan fingerprint density at radius 2 is 1.84 bits per heavy atom. The van der Waals surface area contributed by atoms with Gasteiger partial charge in [-0.2, -0.15) is 0 Å². The third kappa shape index (κ3) is 4.47. The summed E-state index contributed by atoms with van der Waals surface area (Å²) in [6.07, 6.45) is 2.04. The molecule has 9 heteroatoms. The Kier molecular flexibility index (Phi) is 6.06. The molecule has 1 saturated heterocycles. The first-order valence-electron chi connectivity index (χ1n) is 10.7. The summed E-state index contributed by atoms with van der Waals surface area (Å²) >= 11 is 7.49. The number of amides is 1. The first-order valence-corrected chi connectivity index (χ1v) is 12.1. The Labute approximate surface area is 195 Å². The van der Waals surface area contributed by atoms with Crippen LogP contribution >= 0.6 is 23.4 Å². The summed E-state index contributed by atoms with van der Waals surface area (Å²) in [6, 6.07) is 14.7. The van der Waals surface area contributed by atoms with E-state index in [0.29, 0.717) is 40.4 Å². The Balaban J connectivity index is 1.22. The molecule has 166 valence electrons.